The van der Waals surface area contributed by atoms with Crippen molar-refractivity contribution in [3.05, 3.63) is 66.4 Å². The number of ether oxygens (including phenoxy) is 1. The van der Waals surface area contributed by atoms with E-state index in [0.29, 0.717) is 18.2 Å². The molecule has 0 spiro atoms. The van der Waals surface area contributed by atoms with Gasteiger partial charge in [0.25, 0.3) is 0 Å². The molecule has 0 radical (unpaired) electrons. The molecule has 5 rings (SSSR count). The Labute approximate surface area is 185 Å². The van der Waals surface area contributed by atoms with Gasteiger partial charge in [0.1, 0.15) is 11.5 Å². The van der Waals surface area contributed by atoms with E-state index in [1.165, 1.54) is 5.69 Å². The van der Waals surface area contributed by atoms with Gasteiger partial charge >= 0.3 is 0 Å². The largest absolute Gasteiger partial charge is 0.378 e. The Hall–Kier alpha value is -4.09. The van der Waals surface area contributed by atoms with Crippen LogP contribution in [0.4, 0.5) is 28.8 Å². The van der Waals surface area contributed by atoms with Crippen LogP contribution >= 0.6 is 0 Å². The van der Waals surface area contributed by atoms with E-state index >= 15 is 0 Å². The van der Waals surface area contributed by atoms with E-state index in [-0.39, 0.29) is 0 Å². The molecule has 0 bridgehead atoms. The standard InChI is InChI=1S/C24H23N7O/c25-10-8-17-2-1-3-19(16-17)27-23-21-9-11-26-22(21)29-24(30-23)28-18-4-6-20(7-5-18)31-12-14-32-15-13-31/h1-7,9,11,16H,8,12-15H2,(H3,26,27,28,29,30). The monoisotopic (exact) mass is 425 g/mol. The SMILES string of the molecule is N#CCc1cccc(Nc2nc(Nc3ccc(N4CCOCC4)cc3)nc3[nH]ccc23)c1. The summed E-state index contributed by atoms with van der Waals surface area (Å²) in [4.78, 5) is 14.8. The van der Waals surface area contributed by atoms with Crippen LogP contribution in [0.15, 0.2) is 60.8 Å². The zero-order chi connectivity index (χ0) is 21.8. The van der Waals surface area contributed by atoms with Crippen LogP contribution in [-0.4, -0.2) is 41.3 Å². The first-order valence-corrected chi connectivity index (χ1v) is 10.6. The molecular weight excluding hydrogens is 402 g/mol. The zero-order valence-electron chi connectivity index (χ0n) is 17.5. The summed E-state index contributed by atoms with van der Waals surface area (Å²) in [5.41, 5.74) is 4.66. The summed E-state index contributed by atoms with van der Waals surface area (Å²) < 4.78 is 5.43. The van der Waals surface area contributed by atoms with Gasteiger partial charge < -0.3 is 25.3 Å². The number of aromatic amines is 1. The third-order valence-corrected chi connectivity index (χ3v) is 5.39. The first-order valence-electron chi connectivity index (χ1n) is 10.6. The summed E-state index contributed by atoms with van der Waals surface area (Å²) in [5.74, 6) is 1.19. The van der Waals surface area contributed by atoms with Crippen molar-refractivity contribution < 1.29 is 4.74 Å². The van der Waals surface area contributed by atoms with E-state index in [4.69, 9.17) is 15.0 Å². The Morgan fingerprint density at radius 3 is 2.66 bits per heavy atom. The number of morpholine rings is 1. The zero-order valence-corrected chi connectivity index (χ0v) is 17.5. The molecule has 1 saturated heterocycles. The molecule has 8 nitrogen and oxygen atoms in total. The number of hydrogen-bond donors (Lipinski definition) is 3. The predicted octanol–water partition coefficient (Wildman–Crippen LogP) is 4.35. The molecule has 0 atom stereocenters. The molecule has 160 valence electrons. The van der Waals surface area contributed by atoms with E-state index in [0.717, 1.165) is 54.3 Å². The fourth-order valence-corrected chi connectivity index (χ4v) is 3.79. The number of nitriles is 1. The van der Waals surface area contributed by atoms with Gasteiger partial charge in [-0.3, -0.25) is 0 Å². The van der Waals surface area contributed by atoms with Crippen LogP contribution < -0.4 is 15.5 Å². The fraction of sp³-hybridized carbons (Fsp3) is 0.208. The molecule has 1 aliphatic heterocycles. The molecule has 0 saturated carbocycles. The Morgan fingerprint density at radius 1 is 1.00 bits per heavy atom. The second-order valence-electron chi connectivity index (χ2n) is 7.57. The maximum atomic E-state index is 8.97. The van der Waals surface area contributed by atoms with Gasteiger partial charge in [-0.1, -0.05) is 12.1 Å². The number of anilines is 5. The van der Waals surface area contributed by atoms with Crippen molar-refractivity contribution in [1.82, 2.24) is 15.0 Å². The van der Waals surface area contributed by atoms with Crippen LogP contribution in [0.5, 0.6) is 0 Å². The van der Waals surface area contributed by atoms with Crippen molar-refractivity contribution >= 4 is 39.9 Å². The fourth-order valence-electron chi connectivity index (χ4n) is 3.79. The van der Waals surface area contributed by atoms with Crippen molar-refractivity contribution in [2.75, 3.05) is 41.8 Å². The van der Waals surface area contributed by atoms with Crippen LogP contribution in [0.3, 0.4) is 0 Å². The number of rotatable bonds is 6. The lowest BCUT2D eigenvalue weighted by atomic mass is 10.1. The van der Waals surface area contributed by atoms with E-state index in [9.17, 15) is 0 Å². The van der Waals surface area contributed by atoms with Crippen LogP contribution in [0, 0.1) is 11.3 Å². The van der Waals surface area contributed by atoms with Gasteiger partial charge in [0, 0.05) is 36.3 Å². The summed E-state index contributed by atoms with van der Waals surface area (Å²) in [6, 6.07) is 20.2. The van der Waals surface area contributed by atoms with Crippen molar-refractivity contribution in [2.45, 2.75) is 6.42 Å². The molecule has 3 heterocycles. The number of fused-ring (bicyclic) bond motifs is 1. The summed E-state index contributed by atoms with van der Waals surface area (Å²) >= 11 is 0. The molecule has 1 fully saturated rings. The Bertz CT molecular complexity index is 1250. The highest BCUT2D eigenvalue weighted by molar-refractivity contribution is 5.90. The first-order chi connectivity index (χ1) is 15.8. The smallest absolute Gasteiger partial charge is 0.231 e. The number of benzene rings is 2. The highest BCUT2D eigenvalue weighted by Gasteiger charge is 2.12. The molecule has 0 aliphatic carbocycles. The maximum absolute atomic E-state index is 8.97. The highest BCUT2D eigenvalue weighted by atomic mass is 16.5. The van der Waals surface area contributed by atoms with Gasteiger partial charge in [-0.25, -0.2) is 0 Å². The Kier molecular flexibility index (Phi) is 5.56. The van der Waals surface area contributed by atoms with E-state index in [1.807, 2.05) is 48.7 Å². The van der Waals surface area contributed by atoms with E-state index < -0.39 is 0 Å². The molecule has 1 aliphatic rings. The number of hydrogen-bond acceptors (Lipinski definition) is 7. The van der Waals surface area contributed by atoms with Crippen molar-refractivity contribution in [1.29, 1.82) is 5.26 Å². The first kappa shape index (κ1) is 19.8. The summed E-state index contributed by atoms with van der Waals surface area (Å²) in [6.45, 7) is 3.34. The minimum absolute atomic E-state index is 0.367. The molecule has 3 N–H and O–H groups in total. The van der Waals surface area contributed by atoms with Crippen molar-refractivity contribution in [3.63, 3.8) is 0 Å². The molecule has 4 aromatic rings. The third kappa shape index (κ3) is 4.33. The van der Waals surface area contributed by atoms with Gasteiger partial charge in [0.05, 0.1) is 31.1 Å². The van der Waals surface area contributed by atoms with Gasteiger partial charge in [0.15, 0.2) is 0 Å². The summed E-state index contributed by atoms with van der Waals surface area (Å²) in [5, 5.41) is 16.5. The number of aromatic nitrogens is 3. The van der Waals surface area contributed by atoms with Crippen molar-refractivity contribution in [2.24, 2.45) is 0 Å². The molecule has 0 amide bonds. The van der Waals surface area contributed by atoms with E-state index in [2.05, 4.69) is 43.7 Å². The minimum Gasteiger partial charge on any atom is -0.378 e. The topological polar surface area (TPSA) is 102 Å². The quantitative estimate of drug-likeness (QED) is 0.422. The molecular formula is C24H23N7O. The number of nitrogens with one attached hydrogen (secondary N) is 3. The Balaban J connectivity index is 1.38. The lowest BCUT2D eigenvalue weighted by Crippen LogP contribution is -2.36. The van der Waals surface area contributed by atoms with Crippen LogP contribution in [-0.2, 0) is 11.2 Å². The Morgan fingerprint density at radius 2 is 1.84 bits per heavy atom. The number of H-pyrrole nitrogens is 1. The second kappa shape index (κ2) is 8.96. The molecule has 32 heavy (non-hydrogen) atoms. The normalized spacial score (nSPS) is 13.7. The van der Waals surface area contributed by atoms with E-state index in [1.54, 1.807) is 0 Å². The van der Waals surface area contributed by atoms with Gasteiger partial charge in [-0.2, -0.15) is 15.2 Å². The second-order valence-corrected chi connectivity index (χ2v) is 7.57. The summed E-state index contributed by atoms with van der Waals surface area (Å²) in [6.07, 6.45) is 2.21. The lowest BCUT2D eigenvalue weighted by molar-refractivity contribution is 0.122. The average molecular weight is 425 g/mol. The van der Waals surface area contributed by atoms with Crippen molar-refractivity contribution in [3.8, 4) is 6.07 Å². The molecule has 2 aromatic heterocycles. The summed E-state index contributed by atoms with van der Waals surface area (Å²) in [7, 11) is 0. The third-order valence-electron chi connectivity index (χ3n) is 5.39. The van der Waals surface area contributed by atoms with Crippen LogP contribution in [0.1, 0.15) is 5.56 Å². The lowest BCUT2D eigenvalue weighted by Gasteiger charge is -2.28. The average Bonchev–Trinajstić information content (AvgIpc) is 3.30. The molecule has 0 unspecified atom stereocenters. The van der Waals surface area contributed by atoms with Gasteiger partial charge in [0.2, 0.25) is 5.95 Å². The molecule has 8 heteroatoms. The molecule has 2 aromatic carbocycles. The van der Waals surface area contributed by atoms with Gasteiger partial charge in [-0.15, -0.1) is 0 Å². The minimum atomic E-state index is 0.367. The maximum Gasteiger partial charge on any atom is 0.231 e. The highest BCUT2D eigenvalue weighted by Crippen LogP contribution is 2.27. The van der Waals surface area contributed by atoms with Crippen LogP contribution in [0.25, 0.3) is 11.0 Å². The number of nitrogens with zero attached hydrogens (tertiary/aromatic N) is 4. The van der Waals surface area contributed by atoms with Crippen LogP contribution in [0.2, 0.25) is 0 Å². The van der Waals surface area contributed by atoms with Gasteiger partial charge in [-0.05, 0) is 48.0 Å². The predicted molar refractivity (Wildman–Crippen MR) is 126 cm³/mol.